The van der Waals surface area contributed by atoms with Crippen LogP contribution in [0.5, 0.6) is 0 Å². The molecule has 1 heterocycles. The summed E-state index contributed by atoms with van der Waals surface area (Å²) in [5, 5.41) is 1.44. The average molecular weight is 489 g/mol. The quantitative estimate of drug-likeness (QED) is 0.281. The third kappa shape index (κ3) is 5.98. The Morgan fingerprint density at radius 3 is 2.56 bits per heavy atom. The van der Waals surface area contributed by atoms with Crippen molar-refractivity contribution >= 4 is 38.3 Å². The molecule has 1 aliphatic heterocycles. The van der Waals surface area contributed by atoms with Crippen molar-refractivity contribution < 1.29 is 13.2 Å². The Morgan fingerprint density at radius 1 is 1.18 bits per heavy atom. The van der Waals surface area contributed by atoms with Crippen LogP contribution in [0.15, 0.2) is 46.3 Å². The molecule has 1 unspecified atom stereocenters. The zero-order valence-corrected chi connectivity index (χ0v) is 21.0. The van der Waals surface area contributed by atoms with Crippen molar-refractivity contribution in [2.24, 2.45) is 16.5 Å². The van der Waals surface area contributed by atoms with Crippen molar-refractivity contribution in [2.75, 3.05) is 32.1 Å². The Kier molecular flexibility index (Phi) is 8.37. The second-order valence-electron chi connectivity index (χ2n) is 9.02. The number of nitrogens with one attached hydrogen (secondary N) is 1. The first-order chi connectivity index (χ1) is 16.1. The van der Waals surface area contributed by atoms with Crippen molar-refractivity contribution in [1.29, 1.82) is 0 Å². The summed E-state index contributed by atoms with van der Waals surface area (Å²) in [6.07, 6.45) is 3.66. The molecule has 2 aromatic carbocycles. The highest BCUT2D eigenvalue weighted by molar-refractivity contribution is 7.89. The van der Waals surface area contributed by atoms with Crippen molar-refractivity contribution in [3.8, 4) is 0 Å². The van der Waals surface area contributed by atoms with Crippen molar-refractivity contribution in [3.05, 3.63) is 36.4 Å². The Labute approximate surface area is 202 Å². The van der Waals surface area contributed by atoms with Crippen LogP contribution >= 0.6 is 0 Å². The van der Waals surface area contributed by atoms with Gasteiger partial charge in [-0.25, -0.2) is 8.42 Å². The third-order valence-electron chi connectivity index (χ3n) is 6.26. The average Bonchev–Trinajstić information content (AvgIpc) is 2.79. The summed E-state index contributed by atoms with van der Waals surface area (Å²) in [4.78, 5) is 21.3. The van der Waals surface area contributed by atoms with Crippen LogP contribution in [0.2, 0.25) is 0 Å². The molecule has 5 N–H and O–H groups in total. The molecule has 1 aliphatic rings. The fourth-order valence-electron chi connectivity index (χ4n) is 4.50. The Hall–Kier alpha value is -2.85. The predicted molar refractivity (Wildman–Crippen MR) is 137 cm³/mol. The maximum Gasteiger partial charge on any atom is 0.241 e. The number of carbonyl (C=O) groups is 1. The van der Waals surface area contributed by atoms with Gasteiger partial charge in [0, 0.05) is 49.7 Å². The minimum Gasteiger partial charge on any atom is -0.377 e. The van der Waals surface area contributed by atoms with E-state index in [0.717, 1.165) is 30.3 Å². The molecule has 1 saturated heterocycles. The number of hydrogen-bond donors (Lipinski definition) is 3. The second kappa shape index (κ2) is 11.1. The number of sulfonamides is 1. The topological polar surface area (TPSA) is 134 Å². The van der Waals surface area contributed by atoms with E-state index < -0.39 is 16.1 Å². The van der Waals surface area contributed by atoms with Gasteiger partial charge in [-0.1, -0.05) is 24.3 Å². The predicted octanol–water partition coefficient (Wildman–Crippen LogP) is 2.01. The van der Waals surface area contributed by atoms with Crippen LogP contribution in [-0.2, 0) is 14.8 Å². The minimum absolute atomic E-state index is 0.0273. The molecule has 2 aromatic rings. The summed E-state index contributed by atoms with van der Waals surface area (Å²) in [6, 6.07) is 9.96. The van der Waals surface area contributed by atoms with E-state index >= 15 is 0 Å². The number of piperidine rings is 1. The molecule has 1 fully saturated rings. The molecular weight excluding hydrogens is 452 g/mol. The smallest absolute Gasteiger partial charge is 0.241 e. The Balaban J connectivity index is 1.93. The van der Waals surface area contributed by atoms with Gasteiger partial charge in [-0.2, -0.15) is 4.72 Å². The molecule has 0 radical (unpaired) electrons. The lowest BCUT2D eigenvalue weighted by Gasteiger charge is -2.36. The van der Waals surface area contributed by atoms with Crippen LogP contribution in [0.1, 0.15) is 39.0 Å². The largest absolute Gasteiger partial charge is 0.377 e. The molecule has 10 heteroatoms. The molecule has 0 spiro atoms. The van der Waals surface area contributed by atoms with Gasteiger partial charge in [-0.3, -0.25) is 9.79 Å². The van der Waals surface area contributed by atoms with E-state index in [2.05, 4.69) is 9.71 Å². The van der Waals surface area contributed by atoms with E-state index in [1.165, 1.54) is 0 Å². The second-order valence-corrected chi connectivity index (χ2v) is 10.7. The van der Waals surface area contributed by atoms with E-state index in [9.17, 15) is 13.2 Å². The van der Waals surface area contributed by atoms with E-state index in [0.29, 0.717) is 31.3 Å². The van der Waals surface area contributed by atoms with Gasteiger partial charge in [0.05, 0.1) is 4.90 Å². The maximum absolute atomic E-state index is 13.6. The standard InChI is InChI=1S/C24H36N6O3S/c1-17-9-4-5-16-30(17)23(31)20(12-8-15-27-24(25)26)28-34(32,33)22-14-7-10-18-19(22)11-6-13-21(18)29(2)3/h6-7,10-11,13-14,17,20,28H,4-5,8-9,12,15-16H2,1-3H3,(H4,25,26,27)/t17?,20-/m0/s1. The van der Waals surface area contributed by atoms with Crippen LogP contribution in [-0.4, -0.2) is 64.5 Å². The number of nitrogens with two attached hydrogens (primary N) is 2. The van der Waals surface area contributed by atoms with Crippen LogP contribution in [0, 0.1) is 0 Å². The minimum atomic E-state index is -3.98. The van der Waals surface area contributed by atoms with Crippen LogP contribution < -0.4 is 21.1 Å². The van der Waals surface area contributed by atoms with E-state index in [4.69, 9.17) is 11.5 Å². The summed E-state index contributed by atoms with van der Waals surface area (Å²) < 4.78 is 29.9. The Morgan fingerprint density at radius 2 is 1.88 bits per heavy atom. The molecule has 3 rings (SSSR count). The van der Waals surface area contributed by atoms with Gasteiger partial charge in [0.25, 0.3) is 0 Å². The number of benzene rings is 2. The highest BCUT2D eigenvalue weighted by atomic mass is 32.2. The summed E-state index contributed by atoms with van der Waals surface area (Å²) in [5.41, 5.74) is 11.7. The molecule has 0 bridgehead atoms. The number of hydrogen-bond acceptors (Lipinski definition) is 5. The SMILES string of the molecule is CC1CCCCN1C(=O)[C@H](CCCN=C(N)N)NS(=O)(=O)c1cccc2c(N(C)C)cccc12. The van der Waals surface area contributed by atoms with E-state index in [-0.39, 0.29) is 22.8 Å². The van der Waals surface area contributed by atoms with Gasteiger partial charge in [0.1, 0.15) is 6.04 Å². The zero-order valence-electron chi connectivity index (χ0n) is 20.2. The third-order valence-corrected chi connectivity index (χ3v) is 7.79. The number of amides is 1. The maximum atomic E-state index is 13.6. The number of likely N-dealkylation sites (tertiary alicyclic amines) is 1. The number of rotatable bonds is 9. The van der Waals surface area contributed by atoms with Gasteiger partial charge in [0.2, 0.25) is 15.9 Å². The van der Waals surface area contributed by atoms with E-state index in [1.807, 2.05) is 44.1 Å². The fourth-order valence-corrected chi connectivity index (χ4v) is 5.95. The van der Waals surface area contributed by atoms with Crippen molar-refractivity contribution in [2.45, 2.75) is 56.0 Å². The number of anilines is 1. The molecular formula is C24H36N6O3S. The van der Waals surface area contributed by atoms with Crippen molar-refractivity contribution in [1.82, 2.24) is 9.62 Å². The van der Waals surface area contributed by atoms with Gasteiger partial charge in [-0.05, 0) is 51.2 Å². The highest BCUT2D eigenvalue weighted by Crippen LogP contribution is 2.30. The molecule has 9 nitrogen and oxygen atoms in total. The molecule has 186 valence electrons. The lowest BCUT2D eigenvalue weighted by atomic mass is 10.0. The lowest BCUT2D eigenvalue weighted by molar-refractivity contribution is -0.136. The van der Waals surface area contributed by atoms with Gasteiger partial charge in [-0.15, -0.1) is 0 Å². The number of fused-ring (bicyclic) bond motifs is 1. The summed E-state index contributed by atoms with van der Waals surface area (Å²) in [6.45, 7) is 2.96. The Bertz CT molecular complexity index is 1140. The lowest BCUT2D eigenvalue weighted by Crippen LogP contribution is -2.52. The van der Waals surface area contributed by atoms with Crippen molar-refractivity contribution in [3.63, 3.8) is 0 Å². The molecule has 1 amide bonds. The molecule has 0 aromatic heterocycles. The highest BCUT2D eigenvalue weighted by Gasteiger charge is 2.32. The van der Waals surface area contributed by atoms with Crippen LogP contribution in [0.4, 0.5) is 5.69 Å². The first-order valence-electron chi connectivity index (χ1n) is 11.7. The normalized spacial score (nSPS) is 17.4. The van der Waals surface area contributed by atoms with Gasteiger partial charge in [0.15, 0.2) is 5.96 Å². The van der Waals surface area contributed by atoms with Gasteiger partial charge >= 0.3 is 0 Å². The number of nitrogens with zero attached hydrogens (tertiary/aromatic N) is 3. The first-order valence-corrected chi connectivity index (χ1v) is 13.2. The summed E-state index contributed by atoms with van der Waals surface area (Å²) >= 11 is 0. The van der Waals surface area contributed by atoms with E-state index in [1.54, 1.807) is 23.1 Å². The summed E-state index contributed by atoms with van der Waals surface area (Å²) in [5.74, 6) is -0.227. The first kappa shape index (κ1) is 25.8. The monoisotopic (exact) mass is 488 g/mol. The molecule has 0 saturated carbocycles. The molecule has 34 heavy (non-hydrogen) atoms. The van der Waals surface area contributed by atoms with Gasteiger partial charge < -0.3 is 21.3 Å². The van der Waals surface area contributed by atoms with Crippen LogP contribution in [0.3, 0.4) is 0 Å². The fraction of sp³-hybridized carbons (Fsp3) is 0.500. The summed E-state index contributed by atoms with van der Waals surface area (Å²) in [7, 11) is -0.153. The number of carbonyl (C=O) groups excluding carboxylic acids is 1. The molecule has 2 atom stereocenters. The van der Waals surface area contributed by atoms with Crippen LogP contribution in [0.25, 0.3) is 10.8 Å². The zero-order chi connectivity index (χ0) is 24.9. The molecule has 0 aliphatic carbocycles. The number of guanidine groups is 1. The number of aliphatic imine (C=N–C) groups is 1.